The fourth-order valence-electron chi connectivity index (χ4n) is 9.21. The van der Waals surface area contributed by atoms with Crippen molar-refractivity contribution < 1.29 is 19.5 Å². The van der Waals surface area contributed by atoms with E-state index in [-0.39, 0.29) is 23.7 Å². The number of nitrogens with one attached hydrogen (secondary N) is 3. The van der Waals surface area contributed by atoms with E-state index < -0.39 is 17.5 Å². The normalized spacial score (nSPS) is 19.5. The summed E-state index contributed by atoms with van der Waals surface area (Å²) >= 11 is 0. The number of H-pyrrole nitrogens is 2. The van der Waals surface area contributed by atoms with E-state index in [2.05, 4.69) is 78.6 Å². The molecule has 4 aromatic carbocycles. The standard InChI is InChI=1S/C47H48N8O4/c56-42(47(52-46(58)59,54-24-7-8-25-54)38-12-5-2-6-13-38)44-49-29-40(51-44)36-21-17-34(18-22-36)33-15-19-35(20-16-33)39-28-48-43(50-39)41-14-9-26-55(41)45(57)37-23-27-53(31-37)30-32-10-3-1-4-11-32/h1-6,10-13,15-22,28-29,37,41,52H,7-9,14,23-27,30-31H2,(H,48,50)(H,49,51)(H,58,59)/t37-,41-,47?/m0/s1. The fraction of sp³-hybridized carbons (Fsp3) is 0.298. The van der Waals surface area contributed by atoms with Gasteiger partial charge in [0.2, 0.25) is 11.7 Å². The molecule has 3 atom stereocenters. The molecular formula is C47H48N8O4. The third kappa shape index (κ3) is 7.69. The predicted octanol–water partition coefficient (Wildman–Crippen LogP) is 7.72. The van der Waals surface area contributed by atoms with E-state index in [1.165, 1.54) is 5.56 Å². The van der Waals surface area contributed by atoms with Crippen molar-refractivity contribution in [2.45, 2.75) is 50.4 Å². The highest BCUT2D eigenvalue weighted by Crippen LogP contribution is 2.36. The molecule has 12 nitrogen and oxygen atoms in total. The maximum atomic E-state index is 14.3. The number of nitrogens with zero attached hydrogens (tertiary/aromatic N) is 5. The van der Waals surface area contributed by atoms with Gasteiger partial charge in [-0.05, 0) is 66.5 Å². The molecule has 0 radical (unpaired) electrons. The number of benzene rings is 4. The van der Waals surface area contributed by atoms with Crippen molar-refractivity contribution in [3.05, 3.63) is 144 Å². The lowest BCUT2D eigenvalue weighted by molar-refractivity contribution is -0.136. The van der Waals surface area contributed by atoms with Crippen LogP contribution in [0, 0.1) is 5.92 Å². The fourth-order valence-corrected chi connectivity index (χ4v) is 9.21. The molecule has 3 saturated heterocycles. The molecule has 4 N–H and O–H groups in total. The van der Waals surface area contributed by atoms with E-state index in [1.54, 1.807) is 30.5 Å². The van der Waals surface area contributed by atoms with Crippen LogP contribution >= 0.6 is 0 Å². The summed E-state index contributed by atoms with van der Waals surface area (Å²) in [6, 6.07) is 35.8. The number of imidazole rings is 2. The van der Waals surface area contributed by atoms with Crippen LogP contribution in [0.2, 0.25) is 0 Å². The Balaban J connectivity index is 0.861. The molecule has 2 aromatic heterocycles. The highest BCUT2D eigenvalue weighted by atomic mass is 16.4. The number of aromatic amines is 2. The summed E-state index contributed by atoms with van der Waals surface area (Å²) in [6.45, 7) is 4.53. The lowest BCUT2D eigenvalue weighted by Gasteiger charge is -2.40. The molecule has 6 aromatic rings. The molecule has 3 fully saturated rings. The SMILES string of the molecule is O=C(O)NC(C(=O)c1ncc(-c2ccc(-c3ccc(-c4cnc([C@@H]5CCCN5C(=O)[C@H]5CCN(Cc6ccccc6)C5)[nH]4)cc3)cc2)[nH]1)(c1ccccc1)N1CCCC1. The quantitative estimate of drug-likeness (QED) is 0.0922. The van der Waals surface area contributed by atoms with Gasteiger partial charge in [-0.25, -0.2) is 14.8 Å². The van der Waals surface area contributed by atoms with E-state index in [1.807, 2.05) is 47.5 Å². The molecule has 1 unspecified atom stereocenters. The van der Waals surface area contributed by atoms with Crippen LogP contribution in [0.4, 0.5) is 4.79 Å². The maximum Gasteiger partial charge on any atom is 0.406 e. The number of carbonyl (C=O) groups excluding carboxylic acids is 2. The van der Waals surface area contributed by atoms with Crippen LogP contribution < -0.4 is 5.32 Å². The van der Waals surface area contributed by atoms with E-state index in [4.69, 9.17) is 4.98 Å². The Kier molecular flexibility index (Phi) is 10.7. The second-order valence-corrected chi connectivity index (χ2v) is 15.9. The molecule has 300 valence electrons. The lowest BCUT2D eigenvalue weighted by atomic mass is 9.92. The second kappa shape index (κ2) is 16.5. The van der Waals surface area contributed by atoms with E-state index in [0.29, 0.717) is 24.3 Å². The summed E-state index contributed by atoms with van der Waals surface area (Å²) in [5.74, 6) is 0.730. The molecule has 0 spiro atoms. The summed E-state index contributed by atoms with van der Waals surface area (Å²) in [7, 11) is 0. The minimum absolute atomic E-state index is 0.0179. The first kappa shape index (κ1) is 38.2. The predicted molar refractivity (Wildman–Crippen MR) is 225 cm³/mol. The maximum absolute atomic E-state index is 14.3. The lowest BCUT2D eigenvalue weighted by Crippen LogP contribution is -2.62. The number of likely N-dealkylation sites (tertiary alicyclic amines) is 3. The molecule has 9 rings (SSSR count). The molecule has 3 aliphatic rings. The first-order valence-corrected chi connectivity index (χ1v) is 20.6. The van der Waals surface area contributed by atoms with Crippen LogP contribution in [0.5, 0.6) is 0 Å². The molecule has 12 heteroatoms. The zero-order valence-corrected chi connectivity index (χ0v) is 32.9. The largest absolute Gasteiger partial charge is 0.465 e. The van der Waals surface area contributed by atoms with Crippen molar-refractivity contribution in [2.75, 3.05) is 32.7 Å². The van der Waals surface area contributed by atoms with E-state index >= 15 is 0 Å². The third-order valence-electron chi connectivity index (χ3n) is 12.2. The Labute approximate surface area is 343 Å². The zero-order chi connectivity index (χ0) is 40.3. The topological polar surface area (TPSA) is 151 Å². The first-order valence-electron chi connectivity index (χ1n) is 20.6. The molecule has 0 bridgehead atoms. The van der Waals surface area contributed by atoms with E-state index in [0.717, 1.165) is 92.1 Å². The number of rotatable bonds is 12. The second-order valence-electron chi connectivity index (χ2n) is 15.9. The summed E-state index contributed by atoms with van der Waals surface area (Å²) in [5.41, 5.74) is 5.72. The highest BCUT2D eigenvalue weighted by molar-refractivity contribution is 6.02. The van der Waals surface area contributed by atoms with E-state index in [9.17, 15) is 19.5 Å². The number of carbonyl (C=O) groups is 3. The summed E-state index contributed by atoms with van der Waals surface area (Å²) in [6.07, 6.45) is 6.70. The van der Waals surface area contributed by atoms with Crippen molar-refractivity contribution in [3.8, 4) is 33.6 Å². The Hall–Kier alpha value is -6.37. The molecule has 0 saturated carbocycles. The van der Waals surface area contributed by atoms with Gasteiger partial charge in [0.15, 0.2) is 11.5 Å². The van der Waals surface area contributed by atoms with Gasteiger partial charge in [-0.2, -0.15) is 0 Å². The van der Waals surface area contributed by atoms with Crippen molar-refractivity contribution in [2.24, 2.45) is 5.92 Å². The summed E-state index contributed by atoms with van der Waals surface area (Å²) in [5, 5.41) is 12.5. The van der Waals surface area contributed by atoms with Gasteiger partial charge < -0.3 is 20.0 Å². The number of ketones is 1. The van der Waals surface area contributed by atoms with Crippen LogP contribution in [0.25, 0.3) is 33.6 Å². The van der Waals surface area contributed by atoms with Gasteiger partial charge >= 0.3 is 6.09 Å². The average molecular weight is 789 g/mol. The monoisotopic (exact) mass is 788 g/mol. The Morgan fingerprint density at radius 3 is 1.97 bits per heavy atom. The molecular weight excluding hydrogens is 741 g/mol. The minimum atomic E-state index is -1.61. The van der Waals surface area contributed by atoms with Crippen LogP contribution in [-0.2, 0) is 17.0 Å². The Morgan fingerprint density at radius 1 is 0.695 bits per heavy atom. The number of amides is 2. The van der Waals surface area contributed by atoms with Gasteiger partial charge in [-0.3, -0.25) is 24.7 Å². The molecule has 0 aliphatic carbocycles. The van der Waals surface area contributed by atoms with Gasteiger partial charge in [0, 0.05) is 38.3 Å². The highest BCUT2D eigenvalue weighted by Gasteiger charge is 2.49. The summed E-state index contributed by atoms with van der Waals surface area (Å²) < 4.78 is 0. The van der Waals surface area contributed by atoms with Crippen LogP contribution in [-0.4, -0.2) is 90.2 Å². The van der Waals surface area contributed by atoms with Gasteiger partial charge in [-0.15, -0.1) is 0 Å². The molecule has 59 heavy (non-hydrogen) atoms. The number of Topliss-reactive ketones (excluding diaryl/α,β-unsaturated/α-hetero) is 1. The van der Waals surface area contributed by atoms with Crippen LogP contribution in [0.1, 0.15) is 65.7 Å². The third-order valence-corrected chi connectivity index (χ3v) is 12.2. The molecule has 5 heterocycles. The van der Waals surface area contributed by atoms with Crippen LogP contribution in [0.3, 0.4) is 0 Å². The smallest absolute Gasteiger partial charge is 0.406 e. The van der Waals surface area contributed by atoms with Gasteiger partial charge in [0.1, 0.15) is 5.82 Å². The Bertz CT molecular complexity index is 2410. The van der Waals surface area contributed by atoms with Crippen molar-refractivity contribution in [3.63, 3.8) is 0 Å². The van der Waals surface area contributed by atoms with Crippen molar-refractivity contribution in [1.82, 2.24) is 40.0 Å². The minimum Gasteiger partial charge on any atom is -0.465 e. The van der Waals surface area contributed by atoms with Gasteiger partial charge in [0.25, 0.3) is 0 Å². The number of carboxylic acid groups (broad SMARTS) is 1. The van der Waals surface area contributed by atoms with Crippen LogP contribution in [0.15, 0.2) is 122 Å². The molecule has 3 aliphatic heterocycles. The first-order chi connectivity index (χ1) is 28.9. The molecule has 2 amide bonds. The Morgan fingerprint density at radius 2 is 1.31 bits per heavy atom. The average Bonchev–Trinajstić information content (AvgIpc) is 4.13. The van der Waals surface area contributed by atoms with Gasteiger partial charge in [-0.1, -0.05) is 109 Å². The number of hydrogen-bond acceptors (Lipinski definition) is 7. The van der Waals surface area contributed by atoms with Gasteiger partial charge in [0.05, 0.1) is 35.7 Å². The summed E-state index contributed by atoms with van der Waals surface area (Å²) in [4.78, 5) is 62.6. The number of aromatic nitrogens is 4. The number of hydrogen-bond donors (Lipinski definition) is 4. The van der Waals surface area contributed by atoms with Crippen molar-refractivity contribution in [1.29, 1.82) is 0 Å². The van der Waals surface area contributed by atoms with Crippen molar-refractivity contribution >= 4 is 17.8 Å². The zero-order valence-electron chi connectivity index (χ0n) is 32.9.